The average Bonchev–Trinajstić information content (AvgIpc) is 2.15. The predicted molar refractivity (Wildman–Crippen MR) is 55.2 cm³/mol. The lowest BCUT2D eigenvalue weighted by Crippen LogP contribution is -2.12. The first-order valence-corrected chi connectivity index (χ1v) is 5.39. The molecule has 1 aliphatic rings. The Hall–Kier alpha value is -0.480. The molecule has 1 N–H and O–H groups in total. The van der Waals surface area contributed by atoms with Crippen LogP contribution in [0.5, 0.6) is 0 Å². The maximum atomic E-state index is 9.48. The van der Waals surface area contributed by atoms with Crippen molar-refractivity contribution >= 4 is 0 Å². The van der Waals surface area contributed by atoms with E-state index in [4.69, 9.17) is 0 Å². The van der Waals surface area contributed by atoms with Crippen molar-refractivity contribution in [3.63, 3.8) is 0 Å². The molecule has 0 spiro atoms. The Kier molecular flexibility index (Phi) is 4.32. The standard InChI is InChI=1S/C12H20O/c1-10(2)12(13)9-8-11-6-4-3-5-7-11/h10-13H,3-7H2,1-2H3. The van der Waals surface area contributed by atoms with Crippen LogP contribution in [-0.2, 0) is 0 Å². The second-order valence-electron chi connectivity index (χ2n) is 4.31. The molecule has 0 aromatic rings. The zero-order valence-electron chi connectivity index (χ0n) is 8.71. The van der Waals surface area contributed by atoms with E-state index in [1.807, 2.05) is 13.8 Å². The number of aliphatic hydroxyl groups excluding tert-OH is 1. The predicted octanol–water partition coefficient (Wildman–Crippen LogP) is 2.59. The van der Waals surface area contributed by atoms with E-state index >= 15 is 0 Å². The van der Waals surface area contributed by atoms with Gasteiger partial charge < -0.3 is 5.11 Å². The van der Waals surface area contributed by atoms with Crippen LogP contribution in [-0.4, -0.2) is 11.2 Å². The zero-order chi connectivity index (χ0) is 9.68. The van der Waals surface area contributed by atoms with Crippen LogP contribution >= 0.6 is 0 Å². The number of hydrogen-bond donors (Lipinski definition) is 1. The van der Waals surface area contributed by atoms with E-state index in [0.717, 1.165) is 0 Å². The van der Waals surface area contributed by atoms with Crippen LogP contribution in [0.2, 0.25) is 0 Å². The first-order valence-electron chi connectivity index (χ1n) is 5.39. The van der Waals surface area contributed by atoms with Gasteiger partial charge in [-0.3, -0.25) is 0 Å². The second kappa shape index (κ2) is 5.29. The lowest BCUT2D eigenvalue weighted by molar-refractivity contribution is 0.181. The van der Waals surface area contributed by atoms with Gasteiger partial charge >= 0.3 is 0 Å². The molecule has 0 aliphatic heterocycles. The van der Waals surface area contributed by atoms with E-state index in [1.165, 1.54) is 32.1 Å². The van der Waals surface area contributed by atoms with Crippen LogP contribution in [0, 0.1) is 23.7 Å². The summed E-state index contributed by atoms with van der Waals surface area (Å²) in [5, 5.41) is 9.48. The second-order valence-corrected chi connectivity index (χ2v) is 4.31. The molecule has 0 aromatic carbocycles. The van der Waals surface area contributed by atoms with E-state index in [9.17, 15) is 5.11 Å². The molecule has 1 saturated carbocycles. The smallest absolute Gasteiger partial charge is 0.117 e. The van der Waals surface area contributed by atoms with Crippen LogP contribution in [0.1, 0.15) is 46.0 Å². The Balaban J connectivity index is 2.36. The van der Waals surface area contributed by atoms with Gasteiger partial charge in [0.1, 0.15) is 6.10 Å². The first kappa shape index (κ1) is 10.6. The molecular formula is C12H20O. The van der Waals surface area contributed by atoms with Gasteiger partial charge in [0.15, 0.2) is 0 Å². The molecule has 1 nitrogen and oxygen atoms in total. The molecular weight excluding hydrogens is 160 g/mol. The monoisotopic (exact) mass is 180 g/mol. The van der Waals surface area contributed by atoms with Crippen molar-refractivity contribution in [2.24, 2.45) is 11.8 Å². The quantitative estimate of drug-likeness (QED) is 0.615. The van der Waals surface area contributed by atoms with Gasteiger partial charge in [-0.1, -0.05) is 45.0 Å². The topological polar surface area (TPSA) is 20.2 Å². The Morgan fingerprint density at radius 3 is 2.31 bits per heavy atom. The highest BCUT2D eigenvalue weighted by molar-refractivity contribution is 5.09. The minimum absolute atomic E-state index is 0.260. The van der Waals surface area contributed by atoms with Crippen LogP contribution in [0.25, 0.3) is 0 Å². The summed E-state index contributed by atoms with van der Waals surface area (Å²) in [5.41, 5.74) is 0. The summed E-state index contributed by atoms with van der Waals surface area (Å²) in [5.74, 6) is 6.98. The molecule has 0 bridgehead atoms. The van der Waals surface area contributed by atoms with Gasteiger partial charge in [0.2, 0.25) is 0 Å². The molecule has 1 rings (SSSR count). The zero-order valence-corrected chi connectivity index (χ0v) is 8.71. The summed E-state index contributed by atoms with van der Waals surface area (Å²) in [6.07, 6.45) is 6.04. The van der Waals surface area contributed by atoms with Crippen molar-refractivity contribution in [1.82, 2.24) is 0 Å². The summed E-state index contributed by atoms with van der Waals surface area (Å²) >= 11 is 0. The number of hydrogen-bond acceptors (Lipinski definition) is 1. The highest BCUT2D eigenvalue weighted by Gasteiger charge is 2.11. The molecule has 1 fully saturated rings. The van der Waals surface area contributed by atoms with Crippen molar-refractivity contribution in [2.45, 2.75) is 52.1 Å². The third-order valence-corrected chi connectivity index (χ3v) is 2.67. The summed E-state index contributed by atoms with van der Waals surface area (Å²) < 4.78 is 0. The lowest BCUT2D eigenvalue weighted by atomic mass is 9.89. The fourth-order valence-electron chi connectivity index (χ4n) is 1.62. The van der Waals surface area contributed by atoms with Gasteiger partial charge in [-0.05, 0) is 18.8 Å². The van der Waals surface area contributed by atoms with Crippen LogP contribution in [0.3, 0.4) is 0 Å². The van der Waals surface area contributed by atoms with Crippen molar-refractivity contribution in [3.05, 3.63) is 0 Å². The number of aliphatic hydroxyl groups is 1. The van der Waals surface area contributed by atoms with E-state index in [0.29, 0.717) is 5.92 Å². The van der Waals surface area contributed by atoms with Crippen molar-refractivity contribution in [2.75, 3.05) is 0 Å². The summed E-state index contributed by atoms with van der Waals surface area (Å²) in [6, 6.07) is 0. The van der Waals surface area contributed by atoms with Gasteiger partial charge in [0, 0.05) is 5.92 Å². The highest BCUT2D eigenvalue weighted by atomic mass is 16.3. The van der Waals surface area contributed by atoms with E-state index < -0.39 is 6.10 Å². The molecule has 0 radical (unpaired) electrons. The van der Waals surface area contributed by atoms with Gasteiger partial charge in [-0.15, -0.1) is 0 Å². The average molecular weight is 180 g/mol. The maximum Gasteiger partial charge on any atom is 0.117 e. The molecule has 1 atom stereocenters. The Labute approximate surface area is 81.5 Å². The molecule has 0 heterocycles. The largest absolute Gasteiger partial charge is 0.380 e. The van der Waals surface area contributed by atoms with Gasteiger partial charge in [-0.2, -0.15) is 0 Å². The third kappa shape index (κ3) is 3.83. The summed E-state index contributed by atoms with van der Waals surface area (Å²) in [6.45, 7) is 4.00. The molecule has 1 unspecified atom stereocenters. The minimum Gasteiger partial charge on any atom is -0.380 e. The highest BCUT2D eigenvalue weighted by Crippen LogP contribution is 2.22. The van der Waals surface area contributed by atoms with Crippen molar-refractivity contribution in [3.8, 4) is 11.8 Å². The molecule has 0 saturated heterocycles. The fourth-order valence-corrected chi connectivity index (χ4v) is 1.62. The van der Waals surface area contributed by atoms with Crippen LogP contribution in [0.15, 0.2) is 0 Å². The van der Waals surface area contributed by atoms with E-state index in [-0.39, 0.29) is 5.92 Å². The van der Waals surface area contributed by atoms with Gasteiger partial charge in [0.05, 0.1) is 0 Å². The molecule has 1 heteroatoms. The Bertz CT molecular complexity index is 191. The Morgan fingerprint density at radius 1 is 1.15 bits per heavy atom. The third-order valence-electron chi connectivity index (χ3n) is 2.67. The number of rotatable bonds is 1. The van der Waals surface area contributed by atoms with Crippen molar-refractivity contribution in [1.29, 1.82) is 0 Å². The summed E-state index contributed by atoms with van der Waals surface area (Å²) in [4.78, 5) is 0. The fraction of sp³-hybridized carbons (Fsp3) is 0.833. The van der Waals surface area contributed by atoms with Crippen LogP contribution in [0.4, 0.5) is 0 Å². The maximum absolute atomic E-state index is 9.48. The van der Waals surface area contributed by atoms with Gasteiger partial charge in [-0.25, -0.2) is 0 Å². The summed E-state index contributed by atoms with van der Waals surface area (Å²) in [7, 11) is 0. The minimum atomic E-state index is -0.429. The normalized spacial score (nSPS) is 20.9. The molecule has 0 amide bonds. The van der Waals surface area contributed by atoms with Crippen LogP contribution < -0.4 is 0 Å². The van der Waals surface area contributed by atoms with E-state index in [1.54, 1.807) is 0 Å². The Morgan fingerprint density at radius 2 is 1.77 bits per heavy atom. The van der Waals surface area contributed by atoms with Gasteiger partial charge in [0.25, 0.3) is 0 Å². The first-order chi connectivity index (χ1) is 6.20. The van der Waals surface area contributed by atoms with E-state index in [2.05, 4.69) is 11.8 Å². The van der Waals surface area contributed by atoms with Crippen molar-refractivity contribution < 1.29 is 5.11 Å². The molecule has 13 heavy (non-hydrogen) atoms. The SMILES string of the molecule is CC(C)C(O)C#CC1CCCCC1. The lowest BCUT2D eigenvalue weighted by Gasteiger charge is -2.16. The molecule has 74 valence electrons. The molecule has 1 aliphatic carbocycles. The molecule has 0 aromatic heterocycles.